The van der Waals surface area contributed by atoms with Crippen LogP contribution < -0.4 is 0 Å². The Labute approximate surface area is 108 Å². The summed E-state index contributed by atoms with van der Waals surface area (Å²) >= 11 is 5.93. The zero-order valence-electron chi connectivity index (χ0n) is 10.1. The van der Waals surface area contributed by atoms with Crippen LogP contribution in [-0.4, -0.2) is 5.24 Å². The molecule has 1 saturated carbocycles. The molecule has 1 aromatic rings. The van der Waals surface area contributed by atoms with Crippen LogP contribution in [0.1, 0.15) is 50.5 Å². The fourth-order valence-corrected chi connectivity index (χ4v) is 3.16. The summed E-state index contributed by atoms with van der Waals surface area (Å²) in [7, 11) is 0. The number of hydrogen-bond donors (Lipinski definition) is 0. The molecule has 0 aliphatic heterocycles. The summed E-state index contributed by atoms with van der Waals surface area (Å²) in [6.07, 6.45) is 7.75. The molecule has 1 nitrogen and oxygen atoms in total. The molecule has 0 bridgehead atoms. The summed E-state index contributed by atoms with van der Waals surface area (Å²) in [4.78, 5) is 12.0. The molecule has 1 fully saturated rings. The van der Waals surface area contributed by atoms with E-state index in [2.05, 4.69) is 0 Å². The molecule has 2 heteroatoms. The Kier molecular flexibility index (Phi) is 4.22. The molecule has 0 atom stereocenters. The highest BCUT2D eigenvalue weighted by Gasteiger charge is 2.38. The number of rotatable bonds is 2. The first-order chi connectivity index (χ1) is 8.26. The van der Waals surface area contributed by atoms with Gasteiger partial charge < -0.3 is 0 Å². The molecule has 1 aliphatic carbocycles. The van der Waals surface area contributed by atoms with Gasteiger partial charge in [-0.2, -0.15) is 0 Å². The normalized spacial score (nSPS) is 20.3. The molecule has 1 aromatic carbocycles. The SMILES string of the molecule is O=C(Cl)C1(c2ccccc2)CCCCCCC1. The zero-order chi connectivity index (χ0) is 12.1. The van der Waals surface area contributed by atoms with Gasteiger partial charge in [0.15, 0.2) is 0 Å². The lowest BCUT2D eigenvalue weighted by Gasteiger charge is -2.32. The highest BCUT2D eigenvalue weighted by atomic mass is 35.5. The van der Waals surface area contributed by atoms with Crippen molar-refractivity contribution in [3.8, 4) is 0 Å². The van der Waals surface area contributed by atoms with Gasteiger partial charge in [-0.1, -0.05) is 62.4 Å². The van der Waals surface area contributed by atoms with Crippen molar-refractivity contribution in [3.63, 3.8) is 0 Å². The summed E-state index contributed by atoms with van der Waals surface area (Å²) in [6, 6.07) is 10.1. The van der Waals surface area contributed by atoms with Crippen LogP contribution in [0.3, 0.4) is 0 Å². The molecule has 0 amide bonds. The molecule has 0 saturated heterocycles. The summed E-state index contributed by atoms with van der Waals surface area (Å²) in [5.74, 6) is 0. The Bertz CT molecular complexity index is 364. The van der Waals surface area contributed by atoms with Crippen LogP contribution in [0, 0.1) is 0 Å². The van der Waals surface area contributed by atoms with E-state index < -0.39 is 5.41 Å². The molecule has 1 aliphatic rings. The van der Waals surface area contributed by atoms with Crippen LogP contribution in [0.2, 0.25) is 0 Å². The summed E-state index contributed by atoms with van der Waals surface area (Å²) in [6.45, 7) is 0. The predicted octanol–water partition coefficient (Wildman–Crippen LogP) is 4.43. The number of carbonyl (C=O) groups excluding carboxylic acids is 1. The monoisotopic (exact) mass is 250 g/mol. The van der Waals surface area contributed by atoms with Crippen LogP contribution in [0.15, 0.2) is 30.3 Å². The third-order valence-corrected chi connectivity index (χ3v) is 4.27. The Balaban J connectivity index is 2.33. The molecule has 2 rings (SSSR count). The van der Waals surface area contributed by atoms with Crippen molar-refractivity contribution in [1.82, 2.24) is 0 Å². The molecular formula is C15H19ClO. The van der Waals surface area contributed by atoms with E-state index in [1.807, 2.05) is 30.3 Å². The van der Waals surface area contributed by atoms with E-state index in [4.69, 9.17) is 11.6 Å². The topological polar surface area (TPSA) is 17.1 Å². The van der Waals surface area contributed by atoms with E-state index in [1.54, 1.807) is 0 Å². The molecular weight excluding hydrogens is 232 g/mol. The highest BCUT2D eigenvalue weighted by Crippen LogP contribution is 2.39. The Morgan fingerprint density at radius 1 is 0.941 bits per heavy atom. The van der Waals surface area contributed by atoms with Crippen LogP contribution in [0.4, 0.5) is 0 Å². The van der Waals surface area contributed by atoms with Crippen molar-refractivity contribution in [2.24, 2.45) is 0 Å². The molecule has 0 spiro atoms. The molecule has 92 valence electrons. The van der Waals surface area contributed by atoms with Gasteiger partial charge in [-0.25, -0.2) is 0 Å². The largest absolute Gasteiger partial charge is 0.280 e. The summed E-state index contributed by atoms with van der Waals surface area (Å²) in [5.41, 5.74) is 0.672. The fourth-order valence-electron chi connectivity index (χ4n) is 2.86. The molecule has 0 unspecified atom stereocenters. The number of benzene rings is 1. The lowest BCUT2D eigenvalue weighted by Crippen LogP contribution is -2.33. The summed E-state index contributed by atoms with van der Waals surface area (Å²) < 4.78 is 0. The van der Waals surface area contributed by atoms with E-state index in [-0.39, 0.29) is 5.24 Å². The van der Waals surface area contributed by atoms with E-state index in [1.165, 1.54) is 19.3 Å². The van der Waals surface area contributed by atoms with Crippen molar-refractivity contribution in [2.75, 3.05) is 0 Å². The molecule has 17 heavy (non-hydrogen) atoms. The van der Waals surface area contributed by atoms with Crippen molar-refractivity contribution >= 4 is 16.8 Å². The maximum absolute atomic E-state index is 12.0. The Morgan fingerprint density at radius 2 is 1.47 bits per heavy atom. The first-order valence-corrected chi connectivity index (χ1v) is 6.89. The van der Waals surface area contributed by atoms with Gasteiger partial charge in [-0.3, -0.25) is 4.79 Å². The standard InChI is InChI=1S/C15H19ClO/c16-14(17)15(13-9-5-4-6-10-13)11-7-2-1-3-8-12-15/h4-6,9-10H,1-3,7-8,11-12H2. The van der Waals surface area contributed by atoms with Gasteiger partial charge in [0.25, 0.3) is 0 Å². The van der Waals surface area contributed by atoms with Gasteiger partial charge in [0.2, 0.25) is 5.24 Å². The molecule has 0 radical (unpaired) electrons. The minimum absolute atomic E-state index is 0.175. The smallest absolute Gasteiger partial charge is 0.232 e. The average molecular weight is 251 g/mol. The third kappa shape index (κ3) is 2.71. The van der Waals surface area contributed by atoms with E-state index in [9.17, 15) is 4.79 Å². The highest BCUT2D eigenvalue weighted by molar-refractivity contribution is 6.65. The van der Waals surface area contributed by atoms with Gasteiger partial charge in [0.05, 0.1) is 5.41 Å². The van der Waals surface area contributed by atoms with Crippen molar-refractivity contribution in [3.05, 3.63) is 35.9 Å². The van der Waals surface area contributed by atoms with E-state index in [0.717, 1.165) is 31.2 Å². The zero-order valence-corrected chi connectivity index (χ0v) is 10.9. The lowest BCUT2D eigenvalue weighted by molar-refractivity contribution is -0.117. The number of hydrogen-bond acceptors (Lipinski definition) is 1. The van der Waals surface area contributed by atoms with Gasteiger partial charge in [0, 0.05) is 0 Å². The van der Waals surface area contributed by atoms with Crippen LogP contribution in [0.5, 0.6) is 0 Å². The van der Waals surface area contributed by atoms with Gasteiger partial charge in [-0.05, 0) is 30.0 Å². The maximum atomic E-state index is 12.0. The lowest BCUT2D eigenvalue weighted by atomic mass is 9.72. The first kappa shape index (κ1) is 12.6. The molecule has 0 aromatic heterocycles. The number of carbonyl (C=O) groups is 1. The predicted molar refractivity (Wildman–Crippen MR) is 71.3 cm³/mol. The van der Waals surface area contributed by atoms with Gasteiger partial charge in [0.1, 0.15) is 0 Å². The van der Waals surface area contributed by atoms with Crippen molar-refractivity contribution in [2.45, 2.75) is 50.4 Å². The second kappa shape index (κ2) is 5.68. The van der Waals surface area contributed by atoms with E-state index >= 15 is 0 Å². The van der Waals surface area contributed by atoms with Gasteiger partial charge >= 0.3 is 0 Å². The number of halogens is 1. The minimum atomic E-state index is -0.427. The van der Waals surface area contributed by atoms with Crippen LogP contribution in [0.25, 0.3) is 0 Å². The molecule has 0 N–H and O–H groups in total. The van der Waals surface area contributed by atoms with Crippen molar-refractivity contribution < 1.29 is 4.79 Å². The first-order valence-electron chi connectivity index (χ1n) is 6.51. The second-order valence-corrected chi connectivity index (χ2v) is 5.33. The Hall–Kier alpha value is -0.820. The Morgan fingerprint density at radius 3 is 2.00 bits per heavy atom. The third-order valence-electron chi connectivity index (χ3n) is 3.91. The fraction of sp³-hybridized carbons (Fsp3) is 0.533. The quantitative estimate of drug-likeness (QED) is 0.710. The molecule has 0 heterocycles. The van der Waals surface area contributed by atoms with Gasteiger partial charge in [-0.15, -0.1) is 0 Å². The summed E-state index contributed by atoms with van der Waals surface area (Å²) in [5, 5.41) is -0.175. The van der Waals surface area contributed by atoms with Crippen LogP contribution >= 0.6 is 11.6 Å². The maximum Gasteiger partial charge on any atom is 0.232 e. The average Bonchev–Trinajstić information content (AvgIpc) is 2.30. The van der Waals surface area contributed by atoms with E-state index in [0.29, 0.717) is 0 Å². The van der Waals surface area contributed by atoms with Crippen molar-refractivity contribution in [1.29, 1.82) is 0 Å². The minimum Gasteiger partial charge on any atom is -0.280 e. The van der Waals surface area contributed by atoms with Crippen LogP contribution in [-0.2, 0) is 10.2 Å². The second-order valence-electron chi connectivity index (χ2n) is 4.99.